The first-order chi connectivity index (χ1) is 5.46. The Bertz CT molecular complexity index is 268. The molecule has 0 atom stereocenters. The van der Waals surface area contributed by atoms with Gasteiger partial charge in [0, 0.05) is 18.4 Å². The van der Waals surface area contributed by atoms with Gasteiger partial charge in [0.2, 0.25) is 0 Å². The molecular weight excluding hydrogens is 150 g/mol. The van der Waals surface area contributed by atoms with Gasteiger partial charge >= 0.3 is 0 Å². The number of aryl methyl sites for hydroxylation is 1. The summed E-state index contributed by atoms with van der Waals surface area (Å²) in [5.41, 5.74) is 1.49. The smallest absolute Gasteiger partial charge is 0.0989 e. The van der Waals surface area contributed by atoms with Crippen LogP contribution in [-0.4, -0.2) is 9.67 Å². The van der Waals surface area contributed by atoms with Gasteiger partial charge in [-0.2, -0.15) is 0 Å². The summed E-state index contributed by atoms with van der Waals surface area (Å²) in [5.74, 6) is 0. The number of hydrogen-bond acceptors (Lipinski definition) is 1. The Morgan fingerprint density at radius 1 is 1.42 bits per heavy atom. The highest BCUT2D eigenvalue weighted by atomic mass is 16.3. The van der Waals surface area contributed by atoms with Gasteiger partial charge in [0.25, 0.3) is 0 Å². The zero-order valence-electron chi connectivity index (χ0n) is 8.26. The van der Waals surface area contributed by atoms with E-state index in [4.69, 9.17) is 0 Å². The molecule has 1 aromatic heterocycles. The Kier molecular flexibility index (Phi) is 2.29. The molecule has 2 nitrogen and oxygen atoms in total. The van der Waals surface area contributed by atoms with Gasteiger partial charge in [0.05, 0.1) is 5.60 Å². The van der Waals surface area contributed by atoms with E-state index in [0.29, 0.717) is 0 Å². The lowest BCUT2D eigenvalue weighted by atomic mass is 10.1. The van der Waals surface area contributed by atoms with Crippen LogP contribution in [0, 0.1) is 0 Å². The third-order valence-corrected chi connectivity index (χ3v) is 2.21. The molecule has 0 saturated carbocycles. The lowest BCUT2D eigenvalue weighted by Gasteiger charge is -2.19. The lowest BCUT2D eigenvalue weighted by molar-refractivity contribution is 0.0705. The third-order valence-electron chi connectivity index (χ3n) is 2.21. The van der Waals surface area contributed by atoms with Crippen molar-refractivity contribution in [1.29, 1.82) is 0 Å². The van der Waals surface area contributed by atoms with E-state index < -0.39 is 5.60 Å². The van der Waals surface area contributed by atoms with Crippen LogP contribution < -0.4 is 0 Å². The molecule has 0 unspecified atom stereocenters. The zero-order chi connectivity index (χ0) is 9.35. The van der Waals surface area contributed by atoms with E-state index in [1.54, 1.807) is 0 Å². The maximum atomic E-state index is 9.76. The van der Waals surface area contributed by atoms with Crippen LogP contribution >= 0.6 is 0 Å². The second-order valence-electron chi connectivity index (χ2n) is 3.68. The summed E-state index contributed by atoms with van der Waals surface area (Å²) in [6.45, 7) is 5.73. The van der Waals surface area contributed by atoms with E-state index in [1.807, 2.05) is 27.0 Å². The van der Waals surface area contributed by atoms with Crippen LogP contribution in [0.4, 0.5) is 0 Å². The van der Waals surface area contributed by atoms with E-state index in [1.165, 1.54) is 5.69 Å². The van der Waals surface area contributed by atoms with Gasteiger partial charge in [-0.15, -0.1) is 0 Å². The van der Waals surface area contributed by atoms with Gasteiger partial charge < -0.3 is 9.67 Å². The molecule has 0 aliphatic rings. The Morgan fingerprint density at radius 2 is 2.00 bits per heavy atom. The van der Waals surface area contributed by atoms with Gasteiger partial charge in [-0.3, -0.25) is 0 Å². The van der Waals surface area contributed by atoms with Crippen molar-refractivity contribution < 1.29 is 5.11 Å². The molecule has 1 N–H and O–H groups in total. The number of hydrogen-bond donors (Lipinski definition) is 1. The van der Waals surface area contributed by atoms with Crippen LogP contribution in [0.2, 0.25) is 0 Å². The van der Waals surface area contributed by atoms with E-state index in [-0.39, 0.29) is 0 Å². The highest BCUT2D eigenvalue weighted by molar-refractivity contribution is 5.20. The fourth-order valence-corrected chi connectivity index (χ4v) is 1.52. The normalized spacial score (nSPS) is 12.1. The monoisotopic (exact) mass is 167 g/mol. The van der Waals surface area contributed by atoms with E-state index in [0.717, 1.165) is 12.1 Å². The zero-order valence-corrected chi connectivity index (χ0v) is 8.26. The Balaban J connectivity index is 3.11. The molecule has 12 heavy (non-hydrogen) atoms. The number of aromatic nitrogens is 1. The van der Waals surface area contributed by atoms with E-state index >= 15 is 0 Å². The average Bonchev–Trinajstić information content (AvgIpc) is 2.29. The van der Waals surface area contributed by atoms with Gasteiger partial charge in [-0.1, -0.05) is 6.92 Å². The highest BCUT2D eigenvalue weighted by Crippen LogP contribution is 2.21. The molecule has 1 aromatic rings. The lowest BCUT2D eigenvalue weighted by Crippen LogP contribution is -2.20. The summed E-state index contributed by atoms with van der Waals surface area (Å²) in [7, 11) is 1.99. The van der Waals surface area contributed by atoms with Gasteiger partial charge in [-0.25, -0.2) is 0 Å². The molecule has 1 heterocycles. The van der Waals surface area contributed by atoms with Crippen LogP contribution in [0.15, 0.2) is 12.1 Å². The van der Waals surface area contributed by atoms with Crippen molar-refractivity contribution in [3.8, 4) is 0 Å². The average molecular weight is 167 g/mol. The molecule has 1 rings (SSSR count). The van der Waals surface area contributed by atoms with Crippen LogP contribution in [-0.2, 0) is 19.1 Å². The van der Waals surface area contributed by atoms with Crippen molar-refractivity contribution in [3.63, 3.8) is 0 Å². The SMILES string of the molecule is CCc1ccc(C(C)(C)O)n1C. The molecular formula is C10H17NO. The number of aliphatic hydroxyl groups is 1. The molecule has 68 valence electrons. The van der Waals surface area contributed by atoms with Crippen molar-refractivity contribution in [3.05, 3.63) is 23.5 Å². The van der Waals surface area contributed by atoms with Gasteiger partial charge in [0.15, 0.2) is 0 Å². The maximum absolute atomic E-state index is 9.76. The maximum Gasteiger partial charge on any atom is 0.0989 e. The van der Waals surface area contributed by atoms with E-state index in [9.17, 15) is 5.11 Å². The standard InChI is InChI=1S/C10H17NO/c1-5-8-6-7-9(11(8)4)10(2,3)12/h6-7,12H,5H2,1-4H3. The summed E-state index contributed by atoms with van der Waals surface area (Å²) in [4.78, 5) is 0. The largest absolute Gasteiger partial charge is 0.384 e. The summed E-state index contributed by atoms with van der Waals surface area (Å²) in [5, 5.41) is 9.76. The molecule has 0 aromatic carbocycles. The van der Waals surface area contributed by atoms with Crippen molar-refractivity contribution in [2.75, 3.05) is 0 Å². The van der Waals surface area contributed by atoms with Gasteiger partial charge in [0.1, 0.15) is 0 Å². The van der Waals surface area contributed by atoms with Crippen molar-refractivity contribution in [2.24, 2.45) is 7.05 Å². The second-order valence-corrected chi connectivity index (χ2v) is 3.68. The number of rotatable bonds is 2. The van der Waals surface area contributed by atoms with E-state index in [2.05, 4.69) is 17.6 Å². The Hall–Kier alpha value is -0.760. The first-order valence-electron chi connectivity index (χ1n) is 4.34. The predicted molar refractivity (Wildman–Crippen MR) is 50.0 cm³/mol. The van der Waals surface area contributed by atoms with Crippen LogP contribution in [0.25, 0.3) is 0 Å². The topological polar surface area (TPSA) is 25.2 Å². The number of nitrogens with zero attached hydrogens (tertiary/aromatic N) is 1. The van der Waals surface area contributed by atoms with Crippen LogP contribution in [0.5, 0.6) is 0 Å². The summed E-state index contributed by atoms with van der Waals surface area (Å²) >= 11 is 0. The molecule has 0 spiro atoms. The molecule has 0 aliphatic heterocycles. The molecule has 0 bridgehead atoms. The minimum absolute atomic E-state index is 0.734. The molecule has 0 amide bonds. The minimum atomic E-state index is -0.734. The molecule has 0 saturated heterocycles. The second kappa shape index (κ2) is 2.94. The van der Waals surface area contributed by atoms with Crippen molar-refractivity contribution in [1.82, 2.24) is 4.57 Å². The summed E-state index contributed by atoms with van der Waals surface area (Å²) < 4.78 is 2.06. The van der Waals surface area contributed by atoms with Gasteiger partial charge in [-0.05, 0) is 32.4 Å². The predicted octanol–water partition coefficient (Wildman–Crippen LogP) is 1.81. The molecule has 2 heteroatoms. The fourth-order valence-electron chi connectivity index (χ4n) is 1.52. The summed E-state index contributed by atoms with van der Waals surface area (Å²) in [6.07, 6.45) is 1.01. The first kappa shape index (κ1) is 9.33. The quantitative estimate of drug-likeness (QED) is 0.714. The Morgan fingerprint density at radius 3 is 2.25 bits per heavy atom. The Labute approximate surface area is 73.8 Å². The fraction of sp³-hybridized carbons (Fsp3) is 0.600. The van der Waals surface area contributed by atoms with Crippen molar-refractivity contribution in [2.45, 2.75) is 32.8 Å². The molecule has 0 radical (unpaired) electrons. The van der Waals surface area contributed by atoms with Crippen LogP contribution in [0.3, 0.4) is 0 Å². The van der Waals surface area contributed by atoms with Crippen LogP contribution in [0.1, 0.15) is 32.2 Å². The minimum Gasteiger partial charge on any atom is -0.384 e. The highest BCUT2D eigenvalue weighted by Gasteiger charge is 2.19. The third kappa shape index (κ3) is 1.53. The molecule has 0 fully saturated rings. The van der Waals surface area contributed by atoms with Crippen molar-refractivity contribution >= 4 is 0 Å². The molecule has 0 aliphatic carbocycles. The first-order valence-corrected chi connectivity index (χ1v) is 4.34. The summed E-state index contributed by atoms with van der Waals surface area (Å²) in [6, 6.07) is 4.05.